The zero-order valence-electron chi connectivity index (χ0n) is 14.4. The molecule has 26 heavy (non-hydrogen) atoms. The molecule has 1 aromatic rings. The Kier molecular flexibility index (Phi) is 6.39. The summed E-state index contributed by atoms with van der Waals surface area (Å²) in [4.78, 5) is 13.9. The van der Waals surface area contributed by atoms with Gasteiger partial charge in [0, 0.05) is 19.1 Å². The van der Waals surface area contributed by atoms with Crippen molar-refractivity contribution in [2.45, 2.75) is 36.6 Å². The van der Waals surface area contributed by atoms with Gasteiger partial charge in [0.2, 0.25) is 10.0 Å². The molecule has 0 atom stereocenters. The highest BCUT2D eigenvalue weighted by atomic mass is 35.5. The normalized spacial score (nSPS) is 18.9. The Bertz CT molecular complexity index is 744. The maximum Gasteiger partial charge on any atom is 0.260 e. The van der Waals surface area contributed by atoms with Crippen molar-refractivity contribution in [2.75, 3.05) is 32.9 Å². The molecule has 144 valence electrons. The fraction of sp³-hybridized carbons (Fsp3) is 0.588. The van der Waals surface area contributed by atoms with E-state index >= 15 is 0 Å². The van der Waals surface area contributed by atoms with Gasteiger partial charge in [-0.2, -0.15) is 0 Å². The average Bonchev–Trinajstić information content (AvgIpc) is 3.13. The molecule has 1 aromatic carbocycles. The van der Waals surface area contributed by atoms with E-state index in [4.69, 9.17) is 21.1 Å². The largest absolute Gasteiger partial charge is 0.482 e. The number of morpholine rings is 1. The van der Waals surface area contributed by atoms with Crippen LogP contribution in [-0.2, 0) is 19.6 Å². The van der Waals surface area contributed by atoms with E-state index in [1.165, 1.54) is 18.2 Å². The minimum atomic E-state index is -3.61. The summed E-state index contributed by atoms with van der Waals surface area (Å²) in [7, 11) is -3.61. The van der Waals surface area contributed by atoms with Crippen LogP contribution in [0.4, 0.5) is 0 Å². The third-order valence-corrected chi connectivity index (χ3v) is 6.42. The molecule has 2 aliphatic rings. The van der Waals surface area contributed by atoms with E-state index in [0.717, 1.165) is 25.7 Å². The highest BCUT2D eigenvalue weighted by Gasteiger charge is 2.24. The van der Waals surface area contributed by atoms with E-state index in [9.17, 15) is 13.2 Å². The number of hydrogen-bond donors (Lipinski definition) is 1. The zero-order chi connectivity index (χ0) is 18.6. The van der Waals surface area contributed by atoms with Gasteiger partial charge in [0.15, 0.2) is 6.61 Å². The van der Waals surface area contributed by atoms with Gasteiger partial charge in [0.05, 0.1) is 23.1 Å². The van der Waals surface area contributed by atoms with Crippen LogP contribution in [0, 0.1) is 0 Å². The van der Waals surface area contributed by atoms with Gasteiger partial charge < -0.3 is 14.4 Å². The lowest BCUT2D eigenvalue weighted by Crippen LogP contribution is -2.43. The van der Waals surface area contributed by atoms with E-state index in [0.29, 0.717) is 26.3 Å². The van der Waals surface area contributed by atoms with E-state index in [2.05, 4.69) is 4.72 Å². The maximum absolute atomic E-state index is 12.4. The molecule has 1 heterocycles. The minimum Gasteiger partial charge on any atom is -0.482 e. The van der Waals surface area contributed by atoms with Gasteiger partial charge in [-0.3, -0.25) is 4.79 Å². The first-order chi connectivity index (χ1) is 12.5. The summed E-state index contributed by atoms with van der Waals surface area (Å²) in [6, 6.07) is 4.27. The smallest absolute Gasteiger partial charge is 0.260 e. The topological polar surface area (TPSA) is 84.9 Å². The lowest BCUT2D eigenvalue weighted by atomic mass is 10.3. The van der Waals surface area contributed by atoms with Gasteiger partial charge in [0.25, 0.3) is 5.91 Å². The standard InChI is InChI=1S/C17H23ClN2O5S/c18-15-11-14(26(22,23)19-13-3-1-2-4-13)5-6-16(15)25-12-17(21)20-7-9-24-10-8-20/h5-6,11,13,19H,1-4,7-10,12H2. The van der Waals surface area contributed by atoms with Crippen LogP contribution in [-0.4, -0.2) is 58.2 Å². The molecule has 9 heteroatoms. The Morgan fingerprint density at radius 1 is 1.27 bits per heavy atom. The van der Waals surface area contributed by atoms with Crippen molar-refractivity contribution >= 4 is 27.5 Å². The molecule has 1 amide bonds. The molecule has 7 nitrogen and oxygen atoms in total. The lowest BCUT2D eigenvalue weighted by molar-refractivity contribution is -0.137. The molecule has 0 spiro atoms. The summed E-state index contributed by atoms with van der Waals surface area (Å²) in [6.45, 7) is 1.98. The monoisotopic (exact) mass is 402 g/mol. The molecule has 1 saturated carbocycles. The summed E-state index contributed by atoms with van der Waals surface area (Å²) in [6.07, 6.45) is 3.80. The number of amides is 1. The summed E-state index contributed by atoms with van der Waals surface area (Å²) >= 11 is 6.16. The fourth-order valence-electron chi connectivity index (χ4n) is 3.14. The molecule has 1 aliphatic heterocycles. The third kappa shape index (κ3) is 4.88. The Hall–Kier alpha value is -1.35. The molecular weight excluding hydrogens is 380 g/mol. The van der Waals surface area contributed by atoms with Crippen LogP contribution in [0.25, 0.3) is 0 Å². The van der Waals surface area contributed by atoms with Crippen LogP contribution < -0.4 is 9.46 Å². The van der Waals surface area contributed by atoms with Crippen LogP contribution in [0.1, 0.15) is 25.7 Å². The highest BCUT2D eigenvalue weighted by Crippen LogP contribution is 2.28. The quantitative estimate of drug-likeness (QED) is 0.784. The SMILES string of the molecule is O=C(COc1ccc(S(=O)(=O)NC2CCCC2)cc1Cl)N1CCOCC1. The van der Waals surface area contributed by atoms with Crippen molar-refractivity contribution in [3.8, 4) is 5.75 Å². The van der Waals surface area contributed by atoms with Crippen molar-refractivity contribution < 1.29 is 22.7 Å². The third-order valence-electron chi connectivity index (χ3n) is 4.61. The van der Waals surface area contributed by atoms with Gasteiger partial charge in [0.1, 0.15) is 5.75 Å². The number of ether oxygens (including phenoxy) is 2. The van der Waals surface area contributed by atoms with Crippen molar-refractivity contribution in [3.05, 3.63) is 23.2 Å². The highest BCUT2D eigenvalue weighted by molar-refractivity contribution is 7.89. The number of nitrogens with zero attached hydrogens (tertiary/aromatic N) is 1. The number of sulfonamides is 1. The number of rotatable bonds is 6. The lowest BCUT2D eigenvalue weighted by Gasteiger charge is -2.26. The maximum atomic E-state index is 12.4. The Labute approximate surface area is 158 Å². The van der Waals surface area contributed by atoms with Crippen LogP contribution in [0.2, 0.25) is 5.02 Å². The van der Waals surface area contributed by atoms with Crippen molar-refractivity contribution in [3.63, 3.8) is 0 Å². The summed E-state index contributed by atoms with van der Waals surface area (Å²) < 4.78 is 38.3. The predicted molar refractivity (Wildman–Crippen MR) is 96.9 cm³/mol. The fourth-order valence-corrected chi connectivity index (χ4v) is 4.77. The number of carbonyl (C=O) groups is 1. The molecular formula is C17H23ClN2O5S. The van der Waals surface area contributed by atoms with E-state index < -0.39 is 10.0 Å². The Morgan fingerprint density at radius 2 is 1.96 bits per heavy atom. The molecule has 2 fully saturated rings. The van der Waals surface area contributed by atoms with Gasteiger partial charge in [-0.15, -0.1) is 0 Å². The molecule has 0 bridgehead atoms. The molecule has 0 unspecified atom stereocenters. The number of halogens is 1. The molecule has 0 aromatic heterocycles. The number of nitrogens with one attached hydrogen (secondary N) is 1. The zero-order valence-corrected chi connectivity index (χ0v) is 16.0. The van der Waals surface area contributed by atoms with Gasteiger partial charge >= 0.3 is 0 Å². The molecule has 1 aliphatic carbocycles. The van der Waals surface area contributed by atoms with Crippen LogP contribution >= 0.6 is 11.6 Å². The van der Waals surface area contributed by atoms with Crippen molar-refractivity contribution in [1.82, 2.24) is 9.62 Å². The second-order valence-electron chi connectivity index (χ2n) is 6.48. The second-order valence-corrected chi connectivity index (χ2v) is 8.60. The molecule has 0 radical (unpaired) electrons. The van der Waals surface area contributed by atoms with E-state index in [1.807, 2.05) is 0 Å². The second kappa shape index (κ2) is 8.56. The average molecular weight is 403 g/mol. The Morgan fingerprint density at radius 3 is 2.62 bits per heavy atom. The van der Waals surface area contributed by atoms with Crippen molar-refractivity contribution in [1.29, 1.82) is 0 Å². The van der Waals surface area contributed by atoms with Gasteiger partial charge in [-0.1, -0.05) is 24.4 Å². The molecule has 1 saturated heterocycles. The van der Waals surface area contributed by atoms with Crippen LogP contribution in [0.15, 0.2) is 23.1 Å². The molecule has 1 N–H and O–H groups in total. The number of benzene rings is 1. The summed E-state index contributed by atoms with van der Waals surface area (Å²) in [5, 5.41) is 0.161. The van der Waals surface area contributed by atoms with Crippen molar-refractivity contribution in [2.24, 2.45) is 0 Å². The Balaban J connectivity index is 1.60. The predicted octanol–water partition coefficient (Wildman–Crippen LogP) is 1.80. The van der Waals surface area contributed by atoms with Gasteiger partial charge in [-0.25, -0.2) is 13.1 Å². The summed E-state index contributed by atoms with van der Waals surface area (Å²) in [5.74, 6) is 0.136. The van der Waals surface area contributed by atoms with E-state index in [1.54, 1.807) is 4.90 Å². The first kappa shape index (κ1) is 19.4. The first-order valence-corrected chi connectivity index (χ1v) is 10.6. The van der Waals surface area contributed by atoms with Crippen LogP contribution in [0.5, 0.6) is 5.75 Å². The van der Waals surface area contributed by atoms with Crippen LogP contribution in [0.3, 0.4) is 0 Å². The number of carbonyl (C=O) groups excluding carboxylic acids is 1. The number of hydrogen-bond acceptors (Lipinski definition) is 5. The van der Waals surface area contributed by atoms with Gasteiger partial charge in [-0.05, 0) is 31.0 Å². The first-order valence-electron chi connectivity index (χ1n) is 8.76. The molecule has 3 rings (SSSR count). The van der Waals surface area contributed by atoms with E-state index in [-0.39, 0.29) is 34.2 Å². The summed E-state index contributed by atoms with van der Waals surface area (Å²) in [5.41, 5.74) is 0. The minimum absolute atomic E-state index is 0.0131.